The van der Waals surface area contributed by atoms with Crippen molar-refractivity contribution < 1.29 is 9.59 Å². The smallest absolute Gasteiger partial charge is 0.317 e. The molecule has 6 nitrogen and oxygen atoms in total. The van der Waals surface area contributed by atoms with E-state index < -0.39 is 0 Å². The molecule has 2 N–H and O–H groups in total. The van der Waals surface area contributed by atoms with Crippen LogP contribution in [0.3, 0.4) is 0 Å². The highest BCUT2D eigenvalue weighted by molar-refractivity contribution is 5.94. The highest BCUT2D eigenvalue weighted by atomic mass is 16.2. The van der Waals surface area contributed by atoms with E-state index >= 15 is 0 Å². The van der Waals surface area contributed by atoms with Gasteiger partial charge in [0.1, 0.15) is 0 Å². The Morgan fingerprint density at radius 1 is 1.16 bits per heavy atom. The van der Waals surface area contributed by atoms with Crippen LogP contribution in [0.1, 0.15) is 41.6 Å². The predicted molar refractivity (Wildman–Crippen MR) is 97.4 cm³/mol. The number of amides is 3. The Bertz CT molecular complexity index is 610. The molecule has 1 saturated heterocycles. The molecule has 2 fully saturated rings. The van der Waals surface area contributed by atoms with Crippen LogP contribution >= 0.6 is 0 Å². The van der Waals surface area contributed by atoms with Crippen molar-refractivity contribution in [3.8, 4) is 0 Å². The van der Waals surface area contributed by atoms with E-state index in [4.69, 9.17) is 0 Å². The van der Waals surface area contributed by atoms with Crippen molar-refractivity contribution in [2.45, 2.75) is 44.3 Å². The Morgan fingerprint density at radius 3 is 2.52 bits per heavy atom. The van der Waals surface area contributed by atoms with Crippen LogP contribution in [-0.2, 0) is 6.54 Å². The summed E-state index contributed by atoms with van der Waals surface area (Å²) in [5, 5.41) is 5.96. The van der Waals surface area contributed by atoms with E-state index in [1.165, 1.54) is 0 Å². The van der Waals surface area contributed by atoms with Crippen LogP contribution < -0.4 is 10.6 Å². The number of nitrogens with one attached hydrogen (secondary N) is 2. The molecule has 0 aromatic heterocycles. The van der Waals surface area contributed by atoms with Gasteiger partial charge in [-0.3, -0.25) is 4.79 Å². The number of likely N-dealkylation sites (tertiary alicyclic amines) is 1. The van der Waals surface area contributed by atoms with Crippen molar-refractivity contribution in [3.05, 3.63) is 35.4 Å². The minimum absolute atomic E-state index is 0.0119. The van der Waals surface area contributed by atoms with Gasteiger partial charge in [-0.2, -0.15) is 0 Å². The number of piperidine rings is 1. The third-order valence-corrected chi connectivity index (χ3v) is 4.99. The van der Waals surface area contributed by atoms with Gasteiger partial charge in [0.2, 0.25) is 0 Å². The van der Waals surface area contributed by atoms with E-state index in [0.29, 0.717) is 24.2 Å². The van der Waals surface area contributed by atoms with E-state index in [0.717, 1.165) is 44.3 Å². The minimum Gasteiger partial charge on any atom is -0.349 e. The third kappa shape index (κ3) is 4.95. The molecule has 1 aliphatic carbocycles. The average Bonchev–Trinajstić information content (AvgIpc) is 3.44. The van der Waals surface area contributed by atoms with Crippen LogP contribution in [-0.4, -0.2) is 61.0 Å². The summed E-state index contributed by atoms with van der Waals surface area (Å²) >= 11 is 0. The predicted octanol–water partition coefficient (Wildman–Crippen LogP) is 1.81. The molecule has 1 aromatic carbocycles. The molecule has 0 radical (unpaired) electrons. The summed E-state index contributed by atoms with van der Waals surface area (Å²) in [4.78, 5) is 28.4. The molecule has 25 heavy (non-hydrogen) atoms. The fourth-order valence-corrected chi connectivity index (χ4v) is 3.12. The molecule has 2 aliphatic rings. The Kier molecular flexibility index (Phi) is 5.58. The van der Waals surface area contributed by atoms with Gasteiger partial charge >= 0.3 is 6.03 Å². The summed E-state index contributed by atoms with van der Waals surface area (Å²) in [5.41, 5.74) is 1.67. The first kappa shape index (κ1) is 17.7. The van der Waals surface area contributed by atoms with E-state index in [9.17, 15) is 9.59 Å². The molecular formula is C19H28N4O2. The van der Waals surface area contributed by atoms with Gasteiger partial charge in [0, 0.05) is 37.3 Å². The topological polar surface area (TPSA) is 64.7 Å². The first-order valence-corrected chi connectivity index (χ1v) is 9.12. The number of carbonyl (C=O) groups excluding carboxylic acids is 2. The highest BCUT2D eigenvalue weighted by Crippen LogP contribution is 2.19. The molecule has 6 heteroatoms. The Labute approximate surface area is 149 Å². The molecule has 0 spiro atoms. The number of carbonyl (C=O) groups is 2. The summed E-state index contributed by atoms with van der Waals surface area (Å²) in [6.07, 6.45) is 4.35. The van der Waals surface area contributed by atoms with Gasteiger partial charge < -0.3 is 20.4 Å². The first-order valence-electron chi connectivity index (χ1n) is 9.12. The van der Waals surface area contributed by atoms with Gasteiger partial charge in [-0.05, 0) is 57.5 Å². The first-order chi connectivity index (χ1) is 12.0. The van der Waals surface area contributed by atoms with Gasteiger partial charge in [0.15, 0.2) is 0 Å². The lowest BCUT2D eigenvalue weighted by molar-refractivity contribution is 0.0951. The number of urea groups is 1. The van der Waals surface area contributed by atoms with Crippen molar-refractivity contribution in [2.75, 3.05) is 27.2 Å². The van der Waals surface area contributed by atoms with Crippen molar-refractivity contribution in [2.24, 2.45) is 0 Å². The molecule has 0 unspecified atom stereocenters. The zero-order valence-corrected chi connectivity index (χ0v) is 15.1. The second kappa shape index (κ2) is 7.87. The summed E-state index contributed by atoms with van der Waals surface area (Å²) in [6.45, 7) is 2.07. The van der Waals surface area contributed by atoms with Crippen LogP contribution in [0.5, 0.6) is 0 Å². The van der Waals surface area contributed by atoms with Crippen molar-refractivity contribution in [1.82, 2.24) is 20.4 Å². The number of rotatable bonds is 5. The third-order valence-electron chi connectivity index (χ3n) is 4.99. The van der Waals surface area contributed by atoms with Crippen molar-refractivity contribution in [1.29, 1.82) is 0 Å². The maximum absolute atomic E-state index is 12.4. The Hall–Kier alpha value is -2.08. The minimum atomic E-state index is -0.0128. The van der Waals surface area contributed by atoms with Crippen LogP contribution in [0.25, 0.3) is 0 Å². The zero-order chi connectivity index (χ0) is 17.8. The molecule has 1 aliphatic heterocycles. The Morgan fingerprint density at radius 2 is 1.88 bits per heavy atom. The SMILES string of the molecule is CN(C)[C@@H]1CCCN(C(=O)NCc2ccc(C(=O)NC3CC3)cc2)C1. The van der Waals surface area contributed by atoms with Crippen LogP contribution in [0.15, 0.2) is 24.3 Å². The molecule has 1 heterocycles. The normalized spacial score (nSPS) is 20.4. The standard InChI is InChI=1S/C19H28N4O2/c1-22(2)17-4-3-11-23(13-17)19(25)20-12-14-5-7-15(8-6-14)18(24)21-16-9-10-16/h5-8,16-17H,3-4,9-13H2,1-2H3,(H,20,25)(H,21,24)/t17-/m1/s1. The maximum Gasteiger partial charge on any atom is 0.317 e. The summed E-state index contributed by atoms with van der Waals surface area (Å²) in [5.74, 6) is -0.0128. The van der Waals surface area contributed by atoms with Gasteiger partial charge in [-0.15, -0.1) is 0 Å². The van der Waals surface area contributed by atoms with E-state index in [1.54, 1.807) is 0 Å². The maximum atomic E-state index is 12.4. The molecule has 136 valence electrons. The number of hydrogen-bond donors (Lipinski definition) is 2. The number of hydrogen-bond acceptors (Lipinski definition) is 3. The zero-order valence-electron chi connectivity index (χ0n) is 15.1. The quantitative estimate of drug-likeness (QED) is 0.856. The largest absolute Gasteiger partial charge is 0.349 e. The highest BCUT2D eigenvalue weighted by Gasteiger charge is 2.25. The lowest BCUT2D eigenvalue weighted by atomic mass is 10.1. The van der Waals surface area contributed by atoms with E-state index in [2.05, 4.69) is 29.6 Å². The lowest BCUT2D eigenvalue weighted by Crippen LogP contribution is -2.50. The monoisotopic (exact) mass is 344 g/mol. The molecular weight excluding hydrogens is 316 g/mol. The fourth-order valence-electron chi connectivity index (χ4n) is 3.12. The molecule has 1 aromatic rings. The summed E-state index contributed by atoms with van der Waals surface area (Å²) < 4.78 is 0. The molecule has 3 amide bonds. The van der Waals surface area contributed by atoms with Gasteiger partial charge in [-0.1, -0.05) is 12.1 Å². The van der Waals surface area contributed by atoms with Crippen LogP contribution in [0.2, 0.25) is 0 Å². The number of nitrogens with zero attached hydrogens (tertiary/aromatic N) is 2. The summed E-state index contributed by atoms with van der Waals surface area (Å²) in [7, 11) is 4.13. The average molecular weight is 344 g/mol. The summed E-state index contributed by atoms with van der Waals surface area (Å²) in [6, 6.07) is 8.24. The number of benzene rings is 1. The van der Waals surface area contributed by atoms with Gasteiger partial charge in [0.05, 0.1) is 0 Å². The number of likely N-dealkylation sites (N-methyl/N-ethyl adjacent to an activating group) is 1. The molecule has 3 rings (SSSR count). The molecule has 1 saturated carbocycles. The Balaban J connectivity index is 1.47. The second-order valence-corrected chi connectivity index (χ2v) is 7.31. The van der Waals surface area contributed by atoms with E-state index in [1.807, 2.05) is 29.2 Å². The van der Waals surface area contributed by atoms with Gasteiger partial charge in [-0.25, -0.2) is 4.79 Å². The van der Waals surface area contributed by atoms with Gasteiger partial charge in [0.25, 0.3) is 5.91 Å². The van der Waals surface area contributed by atoms with Crippen LogP contribution in [0.4, 0.5) is 4.79 Å². The second-order valence-electron chi connectivity index (χ2n) is 7.31. The van der Waals surface area contributed by atoms with E-state index in [-0.39, 0.29) is 11.9 Å². The van der Waals surface area contributed by atoms with Crippen LogP contribution in [0, 0.1) is 0 Å². The molecule has 1 atom stereocenters. The van der Waals surface area contributed by atoms with Crippen molar-refractivity contribution >= 4 is 11.9 Å². The fraction of sp³-hybridized carbons (Fsp3) is 0.579. The lowest BCUT2D eigenvalue weighted by Gasteiger charge is -2.36. The molecule has 0 bridgehead atoms. The van der Waals surface area contributed by atoms with Crippen molar-refractivity contribution in [3.63, 3.8) is 0 Å².